The molecule has 19 heteroatoms. The van der Waals surface area contributed by atoms with Crippen LogP contribution in [0.2, 0.25) is 0 Å². The van der Waals surface area contributed by atoms with Crippen LogP contribution in [0.25, 0.3) is 0 Å². The lowest BCUT2D eigenvalue weighted by atomic mass is 9.75. The molecule has 19 nitrogen and oxygen atoms in total. The van der Waals surface area contributed by atoms with Crippen LogP contribution in [0.5, 0.6) is 0 Å². The minimum absolute atomic E-state index is 0.157. The molecule has 0 radical (unpaired) electrons. The highest BCUT2D eigenvalue weighted by Gasteiger charge is 2.54. The zero-order chi connectivity index (χ0) is 35.8. The van der Waals surface area contributed by atoms with Crippen LogP contribution in [0.15, 0.2) is 11.8 Å². The van der Waals surface area contributed by atoms with E-state index in [1.54, 1.807) is 0 Å². The Morgan fingerprint density at radius 2 is 1.47 bits per heavy atom. The summed E-state index contributed by atoms with van der Waals surface area (Å²) in [6.07, 6.45) is -11.7. The van der Waals surface area contributed by atoms with Crippen molar-refractivity contribution in [3.63, 3.8) is 0 Å². The molecule has 18 N–H and O–H groups in total. The van der Waals surface area contributed by atoms with E-state index in [1.807, 2.05) is 6.08 Å². The highest BCUT2D eigenvalue weighted by atomic mass is 16.8. The van der Waals surface area contributed by atoms with Crippen molar-refractivity contribution in [1.82, 2.24) is 5.32 Å². The lowest BCUT2D eigenvalue weighted by Crippen LogP contribution is -2.64. The van der Waals surface area contributed by atoms with Gasteiger partial charge in [-0.15, -0.1) is 0 Å². The first-order valence-corrected chi connectivity index (χ1v) is 17.0. The van der Waals surface area contributed by atoms with Crippen LogP contribution in [0.3, 0.4) is 0 Å². The molecule has 4 rings (SSSR count). The maximum atomic E-state index is 11.7. The van der Waals surface area contributed by atoms with Crippen LogP contribution >= 0.6 is 0 Å². The van der Waals surface area contributed by atoms with Gasteiger partial charge in [0, 0.05) is 31.7 Å². The highest BCUT2D eigenvalue weighted by molar-refractivity contribution is 5.04. The fourth-order valence-electron chi connectivity index (χ4n) is 6.75. The number of hydrogen-bond acceptors (Lipinski definition) is 19. The Bertz CT molecular complexity index is 1020. The first kappa shape index (κ1) is 40.6. The Labute approximate surface area is 285 Å². The molecule has 3 aliphatic heterocycles. The molecule has 0 amide bonds. The van der Waals surface area contributed by atoms with Crippen LogP contribution in [-0.4, -0.2) is 174 Å². The van der Waals surface area contributed by atoms with Crippen LogP contribution in [0.1, 0.15) is 25.7 Å². The van der Waals surface area contributed by atoms with Gasteiger partial charge in [-0.1, -0.05) is 0 Å². The van der Waals surface area contributed by atoms with Gasteiger partial charge in [0.05, 0.1) is 31.3 Å². The Hall–Kier alpha value is -1.18. The molecule has 286 valence electrons. The monoisotopic (exact) mass is 710 g/mol. The van der Waals surface area contributed by atoms with Crippen LogP contribution in [-0.2, 0) is 28.4 Å². The normalized spacial score (nSPS) is 43.1. The summed E-state index contributed by atoms with van der Waals surface area (Å²) < 4.78 is 36.1. The number of ether oxygens (including phenoxy) is 6. The number of nitrogens with one attached hydrogen (secondary N) is 1. The Kier molecular flexibility index (Phi) is 15.8. The fourth-order valence-corrected chi connectivity index (χ4v) is 6.75. The van der Waals surface area contributed by atoms with Crippen molar-refractivity contribution >= 4 is 0 Å². The number of rotatable bonds is 17. The van der Waals surface area contributed by atoms with E-state index in [4.69, 9.17) is 57.1 Å². The fraction of sp³-hybridized carbons (Fsp3) is 0.933. The van der Waals surface area contributed by atoms with Gasteiger partial charge in [-0.2, -0.15) is 0 Å². The number of aliphatic hydroxyl groups is 7. The molecule has 3 fully saturated rings. The van der Waals surface area contributed by atoms with Gasteiger partial charge in [-0.25, -0.2) is 0 Å². The van der Waals surface area contributed by atoms with Crippen molar-refractivity contribution < 1.29 is 64.2 Å². The van der Waals surface area contributed by atoms with Crippen molar-refractivity contribution in [2.45, 2.75) is 118 Å². The van der Waals surface area contributed by atoms with Crippen LogP contribution in [0, 0.1) is 11.8 Å². The van der Waals surface area contributed by atoms with Gasteiger partial charge in [0.1, 0.15) is 54.6 Å². The lowest BCUT2D eigenvalue weighted by molar-refractivity contribution is -0.283. The first-order chi connectivity index (χ1) is 23.5. The zero-order valence-electron chi connectivity index (χ0n) is 27.6. The van der Waals surface area contributed by atoms with E-state index >= 15 is 0 Å². The largest absolute Gasteiger partial charge is 0.467 e. The smallest absolute Gasteiger partial charge is 0.215 e. The molecule has 16 atom stereocenters. The van der Waals surface area contributed by atoms with E-state index in [0.29, 0.717) is 31.8 Å². The minimum atomic E-state index is -1.58. The van der Waals surface area contributed by atoms with Gasteiger partial charge in [0.15, 0.2) is 12.6 Å². The van der Waals surface area contributed by atoms with Gasteiger partial charge in [-0.05, 0) is 50.8 Å². The third-order valence-corrected chi connectivity index (χ3v) is 9.71. The summed E-state index contributed by atoms with van der Waals surface area (Å²) in [5, 5.41) is 76.5. The van der Waals surface area contributed by atoms with Crippen molar-refractivity contribution in [1.29, 1.82) is 0 Å². The SMILES string of the molecule is NCCCNCC1=CC[C@@H](N)[C@@H](O[C@H]2[C@H](O[C@@H]3O[C@H](CO)[C@@H](O[C@H]4O[C@@H](CN)[C@@H](O)[C@H](O)[C@H]4N)[C@H]3O)[C@@H](O)[C@H](CC(CO)CO)C[C@@H]2N)O1. The molecule has 1 saturated carbocycles. The third kappa shape index (κ3) is 9.83. The van der Waals surface area contributed by atoms with Gasteiger partial charge >= 0.3 is 0 Å². The summed E-state index contributed by atoms with van der Waals surface area (Å²) in [6.45, 7) is 0.230. The molecule has 1 aliphatic carbocycles. The molecule has 0 aromatic heterocycles. The second-order valence-corrected chi connectivity index (χ2v) is 13.3. The van der Waals surface area contributed by atoms with Crippen LogP contribution in [0.4, 0.5) is 0 Å². The highest BCUT2D eigenvalue weighted by Crippen LogP contribution is 2.37. The van der Waals surface area contributed by atoms with E-state index in [2.05, 4.69) is 5.32 Å². The summed E-state index contributed by atoms with van der Waals surface area (Å²) in [5.41, 5.74) is 30.3. The number of nitrogens with two attached hydrogens (primary N) is 5. The van der Waals surface area contributed by atoms with Gasteiger partial charge in [-0.3, -0.25) is 0 Å². The first-order valence-electron chi connectivity index (χ1n) is 17.0. The maximum Gasteiger partial charge on any atom is 0.215 e. The van der Waals surface area contributed by atoms with E-state index in [9.17, 15) is 35.7 Å². The molecule has 49 heavy (non-hydrogen) atoms. The van der Waals surface area contributed by atoms with Crippen molar-refractivity contribution in [3.05, 3.63) is 11.8 Å². The van der Waals surface area contributed by atoms with Crippen molar-refractivity contribution in [2.24, 2.45) is 40.5 Å². The van der Waals surface area contributed by atoms with Gasteiger partial charge in [0.2, 0.25) is 6.29 Å². The standard InChI is InChI=1S/C30H58N6O13/c31-4-1-5-36-9-15-2-3-16(33)28(44-15)47-25-17(34)7-14(6-13(10-37)11-38)21(40)27(25)49-30-24(43)26(19(12-39)46-30)48-29-20(35)23(42)22(41)18(8-32)45-29/h2,13-14,16-30,36-43H,1,3-12,31-35H2/t14-,16-,17+,18+,19-,20-,21+,22-,23-,24-,25-,26-,27-,28-,29-,30+/m1/s1. The van der Waals surface area contributed by atoms with Gasteiger partial charge < -0.3 is 98.2 Å². The summed E-state index contributed by atoms with van der Waals surface area (Å²) >= 11 is 0. The molecule has 4 aliphatic rings. The summed E-state index contributed by atoms with van der Waals surface area (Å²) in [4.78, 5) is 0. The minimum Gasteiger partial charge on any atom is -0.467 e. The molecule has 2 saturated heterocycles. The second kappa shape index (κ2) is 19.1. The zero-order valence-corrected chi connectivity index (χ0v) is 27.6. The Balaban J connectivity index is 1.52. The molecule has 0 bridgehead atoms. The number of aliphatic hydroxyl groups excluding tert-OH is 7. The Morgan fingerprint density at radius 3 is 2.12 bits per heavy atom. The summed E-state index contributed by atoms with van der Waals surface area (Å²) in [5.74, 6) is -0.479. The number of hydrogen-bond donors (Lipinski definition) is 13. The predicted molar refractivity (Wildman–Crippen MR) is 171 cm³/mol. The molecule has 0 spiro atoms. The molecular weight excluding hydrogens is 652 g/mol. The molecular formula is C30H58N6O13. The van der Waals surface area contributed by atoms with Crippen molar-refractivity contribution in [2.75, 3.05) is 46.0 Å². The van der Waals surface area contributed by atoms with E-state index in [1.165, 1.54) is 0 Å². The third-order valence-electron chi connectivity index (χ3n) is 9.71. The summed E-state index contributed by atoms with van der Waals surface area (Å²) in [6, 6.07) is -2.57. The van der Waals surface area contributed by atoms with Crippen LogP contribution < -0.4 is 34.0 Å². The van der Waals surface area contributed by atoms with Gasteiger partial charge in [0.25, 0.3) is 0 Å². The second-order valence-electron chi connectivity index (χ2n) is 13.3. The average Bonchev–Trinajstić information content (AvgIpc) is 3.39. The molecule has 3 heterocycles. The van der Waals surface area contributed by atoms with E-state index < -0.39 is 110 Å². The Morgan fingerprint density at radius 1 is 0.796 bits per heavy atom. The van der Waals surface area contributed by atoms with E-state index in [0.717, 1.165) is 6.42 Å². The quantitative estimate of drug-likeness (QED) is 0.0624. The molecule has 0 aromatic rings. The maximum absolute atomic E-state index is 11.7. The van der Waals surface area contributed by atoms with Crippen molar-refractivity contribution in [3.8, 4) is 0 Å². The van der Waals surface area contributed by atoms with E-state index in [-0.39, 0.29) is 32.6 Å². The lowest BCUT2D eigenvalue weighted by Gasteiger charge is -2.46. The average molecular weight is 711 g/mol. The molecule has 0 aromatic carbocycles. The topological polar surface area (TPSA) is 339 Å². The summed E-state index contributed by atoms with van der Waals surface area (Å²) in [7, 11) is 0. The molecule has 0 unspecified atom stereocenters. The predicted octanol–water partition coefficient (Wildman–Crippen LogP) is -6.45.